The Hall–Kier alpha value is -0.750. The van der Waals surface area contributed by atoms with Gasteiger partial charge < -0.3 is 5.32 Å². The van der Waals surface area contributed by atoms with E-state index in [-0.39, 0.29) is 11.8 Å². The van der Waals surface area contributed by atoms with E-state index in [2.05, 4.69) is 10.7 Å². The van der Waals surface area contributed by atoms with Gasteiger partial charge in [-0.1, -0.05) is 0 Å². The van der Waals surface area contributed by atoms with Gasteiger partial charge in [0, 0.05) is 26.8 Å². The molecular formula is C8H17N3O2S. The van der Waals surface area contributed by atoms with Crippen LogP contribution in [0.5, 0.6) is 0 Å². The first-order valence-corrected chi connectivity index (χ1v) is 5.60. The van der Waals surface area contributed by atoms with Gasteiger partial charge in [-0.25, -0.2) is 5.01 Å². The summed E-state index contributed by atoms with van der Waals surface area (Å²) in [5, 5.41) is 4.14. The zero-order valence-electron chi connectivity index (χ0n) is 8.96. The fourth-order valence-electron chi connectivity index (χ4n) is 0.893. The Bertz CT molecular complexity index is 209. The zero-order valence-corrected chi connectivity index (χ0v) is 9.77. The van der Waals surface area contributed by atoms with Crippen molar-refractivity contribution in [3.05, 3.63) is 0 Å². The number of amides is 2. The monoisotopic (exact) mass is 219 g/mol. The van der Waals surface area contributed by atoms with E-state index in [0.29, 0.717) is 5.75 Å². The Balaban J connectivity index is 4.17. The van der Waals surface area contributed by atoms with Crippen LogP contribution in [0.2, 0.25) is 0 Å². The molecule has 0 fully saturated rings. The highest BCUT2D eigenvalue weighted by molar-refractivity contribution is 7.98. The summed E-state index contributed by atoms with van der Waals surface area (Å²) in [6.45, 7) is 1.40. The molecule has 0 aliphatic carbocycles. The molecule has 5 nitrogen and oxygen atoms in total. The van der Waals surface area contributed by atoms with E-state index in [9.17, 15) is 9.59 Å². The Morgan fingerprint density at radius 3 is 2.36 bits per heavy atom. The fraction of sp³-hybridized carbons (Fsp3) is 0.750. The van der Waals surface area contributed by atoms with Crippen molar-refractivity contribution in [3.8, 4) is 0 Å². The minimum atomic E-state index is -0.468. The van der Waals surface area contributed by atoms with Crippen molar-refractivity contribution in [3.63, 3.8) is 0 Å². The molecule has 6 heteroatoms. The van der Waals surface area contributed by atoms with Crippen molar-refractivity contribution in [2.45, 2.75) is 13.0 Å². The first-order chi connectivity index (χ1) is 6.47. The largest absolute Gasteiger partial charge is 0.344 e. The topological polar surface area (TPSA) is 61.4 Å². The van der Waals surface area contributed by atoms with Gasteiger partial charge in [0.1, 0.15) is 6.04 Å². The van der Waals surface area contributed by atoms with E-state index < -0.39 is 6.04 Å². The average molecular weight is 219 g/mol. The average Bonchev–Trinajstić information content (AvgIpc) is 2.01. The Morgan fingerprint density at radius 1 is 1.43 bits per heavy atom. The maximum Gasteiger partial charge on any atom is 0.257 e. The van der Waals surface area contributed by atoms with Gasteiger partial charge in [-0.05, 0) is 6.26 Å². The van der Waals surface area contributed by atoms with Crippen LogP contribution in [0.4, 0.5) is 0 Å². The quantitative estimate of drug-likeness (QED) is 0.609. The molecule has 0 aliphatic rings. The van der Waals surface area contributed by atoms with E-state index in [0.717, 1.165) is 0 Å². The minimum absolute atomic E-state index is 0.195. The number of hydrogen-bond donors (Lipinski definition) is 2. The van der Waals surface area contributed by atoms with Crippen molar-refractivity contribution in [2.75, 3.05) is 26.1 Å². The summed E-state index contributed by atoms with van der Waals surface area (Å²) in [6, 6.07) is -0.468. The van der Waals surface area contributed by atoms with Crippen LogP contribution in [0.3, 0.4) is 0 Å². The molecule has 0 saturated heterocycles. The summed E-state index contributed by atoms with van der Waals surface area (Å²) in [5.41, 5.74) is 2.60. The fourth-order valence-corrected chi connectivity index (χ4v) is 1.46. The summed E-state index contributed by atoms with van der Waals surface area (Å²) in [4.78, 5) is 22.3. The highest BCUT2D eigenvalue weighted by Gasteiger charge is 2.18. The number of nitrogens with zero attached hydrogens (tertiary/aromatic N) is 1. The van der Waals surface area contributed by atoms with Gasteiger partial charge in [0.05, 0.1) is 0 Å². The van der Waals surface area contributed by atoms with Gasteiger partial charge >= 0.3 is 0 Å². The van der Waals surface area contributed by atoms with Crippen LogP contribution < -0.4 is 10.7 Å². The van der Waals surface area contributed by atoms with Crippen molar-refractivity contribution in [2.24, 2.45) is 0 Å². The lowest BCUT2D eigenvalue weighted by atomic mass is 10.3. The molecule has 0 saturated carbocycles. The Morgan fingerprint density at radius 2 is 2.00 bits per heavy atom. The normalized spacial score (nSPS) is 12.4. The Kier molecular flexibility index (Phi) is 6.31. The molecule has 0 aromatic heterocycles. The second-order valence-corrected chi connectivity index (χ2v) is 3.99. The maximum absolute atomic E-state index is 11.5. The SMILES string of the molecule is CSCC(NC(C)=O)C(=O)NN(C)C. The molecule has 0 aromatic carbocycles. The van der Waals surface area contributed by atoms with Gasteiger partial charge in [-0.3, -0.25) is 15.0 Å². The van der Waals surface area contributed by atoms with Crippen LogP contribution in [-0.2, 0) is 9.59 Å². The van der Waals surface area contributed by atoms with E-state index in [1.165, 1.54) is 18.7 Å². The van der Waals surface area contributed by atoms with Crippen molar-refractivity contribution >= 4 is 23.6 Å². The van der Waals surface area contributed by atoms with E-state index >= 15 is 0 Å². The molecule has 14 heavy (non-hydrogen) atoms. The van der Waals surface area contributed by atoms with Crippen LogP contribution in [0.15, 0.2) is 0 Å². The van der Waals surface area contributed by atoms with Crippen molar-refractivity contribution in [1.82, 2.24) is 15.8 Å². The molecule has 82 valence electrons. The summed E-state index contributed by atoms with van der Waals surface area (Å²) in [5.74, 6) is 0.178. The lowest BCUT2D eigenvalue weighted by Crippen LogP contribution is -2.51. The van der Waals surface area contributed by atoms with Crippen molar-refractivity contribution in [1.29, 1.82) is 0 Å². The van der Waals surface area contributed by atoms with Gasteiger partial charge in [0.25, 0.3) is 5.91 Å². The van der Waals surface area contributed by atoms with Gasteiger partial charge in [0.15, 0.2) is 0 Å². The molecule has 0 aromatic rings. The minimum Gasteiger partial charge on any atom is -0.344 e. The highest BCUT2D eigenvalue weighted by Crippen LogP contribution is 1.97. The number of nitrogens with one attached hydrogen (secondary N) is 2. The molecule has 2 amide bonds. The molecule has 0 heterocycles. The van der Waals surface area contributed by atoms with E-state index in [1.54, 1.807) is 19.1 Å². The van der Waals surface area contributed by atoms with Crippen LogP contribution >= 0.6 is 11.8 Å². The number of carbonyl (C=O) groups excluding carboxylic acids is 2. The number of rotatable bonds is 5. The molecule has 0 radical (unpaired) electrons. The molecule has 0 aliphatic heterocycles. The first kappa shape index (κ1) is 13.2. The van der Waals surface area contributed by atoms with Crippen LogP contribution in [-0.4, -0.2) is 49.0 Å². The van der Waals surface area contributed by atoms with Crippen LogP contribution in [0.1, 0.15) is 6.92 Å². The van der Waals surface area contributed by atoms with Gasteiger partial charge in [-0.2, -0.15) is 11.8 Å². The first-order valence-electron chi connectivity index (χ1n) is 4.21. The summed E-state index contributed by atoms with van der Waals surface area (Å²) >= 11 is 1.51. The third kappa shape index (κ3) is 5.82. The lowest BCUT2D eigenvalue weighted by Gasteiger charge is -2.19. The summed E-state index contributed by atoms with van der Waals surface area (Å²) in [6.07, 6.45) is 1.89. The van der Waals surface area contributed by atoms with Crippen LogP contribution in [0.25, 0.3) is 0 Å². The smallest absolute Gasteiger partial charge is 0.257 e. The molecule has 0 rings (SSSR count). The van der Waals surface area contributed by atoms with Crippen LogP contribution in [0, 0.1) is 0 Å². The molecule has 1 atom stereocenters. The molecule has 0 spiro atoms. The molecule has 2 N–H and O–H groups in total. The number of hydrogen-bond acceptors (Lipinski definition) is 4. The van der Waals surface area contributed by atoms with E-state index in [4.69, 9.17) is 0 Å². The maximum atomic E-state index is 11.5. The van der Waals surface area contributed by atoms with Gasteiger partial charge in [-0.15, -0.1) is 0 Å². The number of thioether (sulfide) groups is 1. The predicted molar refractivity (Wildman–Crippen MR) is 57.8 cm³/mol. The predicted octanol–water partition coefficient (Wildman–Crippen LogP) is -0.553. The summed E-state index contributed by atoms with van der Waals surface area (Å²) < 4.78 is 0. The second kappa shape index (κ2) is 6.67. The molecular weight excluding hydrogens is 202 g/mol. The van der Waals surface area contributed by atoms with Gasteiger partial charge in [0.2, 0.25) is 5.91 Å². The Labute approximate surface area is 88.6 Å². The zero-order chi connectivity index (χ0) is 11.1. The third-order valence-corrected chi connectivity index (χ3v) is 2.03. The summed E-state index contributed by atoms with van der Waals surface area (Å²) in [7, 11) is 3.45. The lowest BCUT2D eigenvalue weighted by molar-refractivity contribution is -0.130. The molecule has 0 bridgehead atoms. The third-order valence-electron chi connectivity index (χ3n) is 1.36. The van der Waals surface area contributed by atoms with E-state index in [1.807, 2.05) is 6.26 Å². The second-order valence-electron chi connectivity index (χ2n) is 3.08. The molecule has 1 unspecified atom stereocenters. The highest BCUT2D eigenvalue weighted by atomic mass is 32.2. The number of carbonyl (C=O) groups is 2. The standard InChI is InChI=1S/C8H17N3O2S/c1-6(12)9-7(5-14-4)8(13)10-11(2)3/h7H,5H2,1-4H3,(H,9,12)(H,10,13). The van der Waals surface area contributed by atoms with Crippen molar-refractivity contribution < 1.29 is 9.59 Å². The number of hydrazine groups is 1.